The molecule has 2 rings (SSSR count). The molecule has 0 spiro atoms. The predicted molar refractivity (Wildman–Crippen MR) is 81.2 cm³/mol. The molecule has 1 atom stereocenters. The van der Waals surface area contributed by atoms with Gasteiger partial charge in [0.15, 0.2) is 0 Å². The summed E-state index contributed by atoms with van der Waals surface area (Å²) in [6.45, 7) is 5.17. The van der Waals surface area contributed by atoms with Gasteiger partial charge in [0.2, 0.25) is 0 Å². The first-order chi connectivity index (χ1) is 9.71. The molecule has 1 N–H and O–H groups in total. The van der Waals surface area contributed by atoms with Crippen molar-refractivity contribution in [3.05, 3.63) is 47.3 Å². The number of nitrogens with zero attached hydrogens (tertiary/aromatic N) is 2. The first-order valence-electron chi connectivity index (χ1n) is 7.04. The van der Waals surface area contributed by atoms with E-state index < -0.39 is 0 Å². The average molecular weight is 273 g/mol. The standard InChI is InChI=1S/C16H23N3O/c1-5-10-19-14(8-9-18-19)16(17-3)13-6-7-15(20-4)12(2)11-13/h6-9,11,16-17H,5,10H2,1-4H3. The SMILES string of the molecule is CCCn1nccc1C(NC)c1ccc(OC)c(C)c1. The van der Waals surface area contributed by atoms with Crippen LogP contribution in [0.5, 0.6) is 5.75 Å². The Morgan fingerprint density at radius 3 is 2.75 bits per heavy atom. The third kappa shape index (κ3) is 2.85. The molecule has 4 nitrogen and oxygen atoms in total. The first kappa shape index (κ1) is 14.6. The summed E-state index contributed by atoms with van der Waals surface area (Å²) in [5.74, 6) is 0.922. The van der Waals surface area contributed by atoms with E-state index in [2.05, 4.69) is 47.1 Å². The number of ether oxygens (including phenoxy) is 1. The molecule has 0 amide bonds. The Kier molecular flexibility index (Phi) is 4.79. The quantitative estimate of drug-likeness (QED) is 0.879. The second kappa shape index (κ2) is 6.57. The maximum absolute atomic E-state index is 5.33. The molecule has 0 aliphatic carbocycles. The van der Waals surface area contributed by atoms with Gasteiger partial charge in [0.05, 0.1) is 18.8 Å². The Morgan fingerprint density at radius 1 is 1.35 bits per heavy atom. The summed E-state index contributed by atoms with van der Waals surface area (Å²) in [6.07, 6.45) is 2.94. The van der Waals surface area contributed by atoms with Crippen LogP contribution >= 0.6 is 0 Å². The van der Waals surface area contributed by atoms with Crippen LogP contribution in [0.25, 0.3) is 0 Å². The van der Waals surface area contributed by atoms with Crippen LogP contribution in [0.15, 0.2) is 30.5 Å². The van der Waals surface area contributed by atoms with Gasteiger partial charge in [-0.05, 0) is 43.7 Å². The van der Waals surface area contributed by atoms with Crippen LogP contribution in [0.4, 0.5) is 0 Å². The fourth-order valence-electron chi connectivity index (χ4n) is 2.55. The van der Waals surface area contributed by atoms with Gasteiger partial charge in [0, 0.05) is 12.7 Å². The van der Waals surface area contributed by atoms with Crippen LogP contribution < -0.4 is 10.1 Å². The van der Waals surface area contributed by atoms with Gasteiger partial charge in [-0.1, -0.05) is 19.1 Å². The summed E-state index contributed by atoms with van der Waals surface area (Å²) < 4.78 is 7.40. The fraction of sp³-hybridized carbons (Fsp3) is 0.438. The van der Waals surface area contributed by atoms with E-state index in [1.54, 1.807) is 7.11 Å². The van der Waals surface area contributed by atoms with Crippen molar-refractivity contribution in [2.24, 2.45) is 0 Å². The minimum Gasteiger partial charge on any atom is -0.496 e. The van der Waals surface area contributed by atoms with Gasteiger partial charge in [0.25, 0.3) is 0 Å². The highest BCUT2D eigenvalue weighted by atomic mass is 16.5. The first-order valence-corrected chi connectivity index (χ1v) is 7.04. The van der Waals surface area contributed by atoms with Gasteiger partial charge < -0.3 is 10.1 Å². The monoisotopic (exact) mass is 273 g/mol. The molecular weight excluding hydrogens is 250 g/mol. The van der Waals surface area contributed by atoms with Gasteiger partial charge in [0.1, 0.15) is 5.75 Å². The Balaban J connectivity index is 2.36. The molecule has 108 valence electrons. The molecule has 0 radical (unpaired) electrons. The van der Waals surface area contributed by atoms with E-state index in [9.17, 15) is 0 Å². The van der Waals surface area contributed by atoms with Gasteiger partial charge in [-0.25, -0.2) is 0 Å². The lowest BCUT2D eigenvalue weighted by molar-refractivity contribution is 0.411. The highest BCUT2D eigenvalue weighted by Gasteiger charge is 2.17. The largest absolute Gasteiger partial charge is 0.496 e. The molecule has 0 bridgehead atoms. The van der Waals surface area contributed by atoms with Crippen molar-refractivity contribution in [1.82, 2.24) is 15.1 Å². The summed E-state index contributed by atoms with van der Waals surface area (Å²) in [5.41, 5.74) is 3.56. The summed E-state index contributed by atoms with van der Waals surface area (Å²) in [7, 11) is 3.68. The molecule has 0 saturated heterocycles. The summed E-state index contributed by atoms with van der Waals surface area (Å²) >= 11 is 0. The predicted octanol–water partition coefficient (Wildman–Crippen LogP) is 2.92. The maximum atomic E-state index is 5.33. The fourth-order valence-corrected chi connectivity index (χ4v) is 2.55. The van der Waals surface area contributed by atoms with Crippen molar-refractivity contribution in [3.63, 3.8) is 0 Å². The van der Waals surface area contributed by atoms with Gasteiger partial charge >= 0.3 is 0 Å². The molecule has 1 aromatic heterocycles. The Bertz CT molecular complexity index is 563. The number of benzene rings is 1. The van der Waals surface area contributed by atoms with Crippen molar-refractivity contribution >= 4 is 0 Å². The minimum atomic E-state index is 0.147. The molecule has 4 heteroatoms. The zero-order valence-electron chi connectivity index (χ0n) is 12.7. The number of hydrogen-bond donors (Lipinski definition) is 1. The number of aryl methyl sites for hydroxylation is 2. The van der Waals surface area contributed by atoms with Gasteiger partial charge in [-0.2, -0.15) is 5.10 Å². The number of methoxy groups -OCH3 is 1. The van der Waals surface area contributed by atoms with E-state index in [1.165, 1.54) is 11.3 Å². The lowest BCUT2D eigenvalue weighted by Crippen LogP contribution is -2.21. The molecule has 2 aromatic rings. The van der Waals surface area contributed by atoms with Crippen LogP contribution in [0.3, 0.4) is 0 Å². The van der Waals surface area contributed by atoms with E-state index in [0.717, 1.165) is 24.3 Å². The number of hydrogen-bond acceptors (Lipinski definition) is 3. The van der Waals surface area contributed by atoms with Crippen molar-refractivity contribution < 1.29 is 4.74 Å². The van der Waals surface area contributed by atoms with Crippen molar-refractivity contribution in [2.75, 3.05) is 14.2 Å². The van der Waals surface area contributed by atoms with E-state index in [-0.39, 0.29) is 6.04 Å². The third-order valence-corrected chi connectivity index (χ3v) is 3.52. The smallest absolute Gasteiger partial charge is 0.121 e. The Morgan fingerprint density at radius 2 is 2.15 bits per heavy atom. The molecule has 1 heterocycles. The van der Waals surface area contributed by atoms with E-state index >= 15 is 0 Å². The average Bonchev–Trinajstić information content (AvgIpc) is 2.89. The Labute approximate surface area is 120 Å². The normalized spacial score (nSPS) is 12.4. The lowest BCUT2D eigenvalue weighted by Gasteiger charge is -2.19. The number of nitrogens with one attached hydrogen (secondary N) is 1. The lowest BCUT2D eigenvalue weighted by atomic mass is 10.0. The Hall–Kier alpha value is -1.81. The third-order valence-electron chi connectivity index (χ3n) is 3.52. The van der Waals surface area contributed by atoms with Crippen LogP contribution in [0, 0.1) is 6.92 Å². The van der Waals surface area contributed by atoms with Gasteiger partial charge in [-0.15, -0.1) is 0 Å². The molecular formula is C16H23N3O. The molecule has 20 heavy (non-hydrogen) atoms. The molecule has 0 saturated carbocycles. The zero-order valence-corrected chi connectivity index (χ0v) is 12.7. The molecule has 0 aliphatic rings. The summed E-state index contributed by atoms with van der Waals surface area (Å²) in [4.78, 5) is 0. The van der Waals surface area contributed by atoms with E-state index in [1.807, 2.05) is 19.3 Å². The van der Waals surface area contributed by atoms with Gasteiger partial charge in [-0.3, -0.25) is 4.68 Å². The summed E-state index contributed by atoms with van der Waals surface area (Å²) in [5, 5.41) is 7.79. The number of rotatable bonds is 6. The van der Waals surface area contributed by atoms with Crippen LogP contribution in [0.1, 0.15) is 36.2 Å². The topological polar surface area (TPSA) is 39.1 Å². The van der Waals surface area contributed by atoms with E-state index in [0.29, 0.717) is 0 Å². The van der Waals surface area contributed by atoms with E-state index in [4.69, 9.17) is 4.74 Å². The second-order valence-electron chi connectivity index (χ2n) is 4.93. The second-order valence-corrected chi connectivity index (χ2v) is 4.93. The van der Waals surface area contributed by atoms with Crippen molar-refractivity contribution in [2.45, 2.75) is 32.9 Å². The maximum Gasteiger partial charge on any atom is 0.121 e. The number of aromatic nitrogens is 2. The zero-order chi connectivity index (χ0) is 14.5. The van der Waals surface area contributed by atoms with Crippen LogP contribution in [-0.4, -0.2) is 23.9 Å². The van der Waals surface area contributed by atoms with Crippen molar-refractivity contribution in [1.29, 1.82) is 0 Å². The molecule has 0 fully saturated rings. The molecule has 0 aliphatic heterocycles. The highest BCUT2D eigenvalue weighted by molar-refractivity contribution is 5.39. The van der Waals surface area contributed by atoms with Crippen LogP contribution in [-0.2, 0) is 6.54 Å². The summed E-state index contributed by atoms with van der Waals surface area (Å²) in [6, 6.07) is 8.53. The minimum absolute atomic E-state index is 0.147. The molecule has 1 aromatic carbocycles. The van der Waals surface area contributed by atoms with Crippen LogP contribution in [0.2, 0.25) is 0 Å². The van der Waals surface area contributed by atoms with Crippen molar-refractivity contribution in [3.8, 4) is 5.75 Å². The molecule has 1 unspecified atom stereocenters. The highest BCUT2D eigenvalue weighted by Crippen LogP contribution is 2.26.